The average Bonchev–Trinajstić information content (AvgIpc) is 2.50. The molecular formula is C16H25N3O5S. The molecule has 0 bridgehead atoms. The van der Waals surface area contributed by atoms with Gasteiger partial charge in [-0.05, 0) is 25.3 Å². The highest BCUT2D eigenvalue weighted by Crippen LogP contribution is 2.26. The Morgan fingerprint density at radius 1 is 1.32 bits per heavy atom. The molecule has 0 fully saturated rings. The van der Waals surface area contributed by atoms with E-state index in [1.165, 1.54) is 18.2 Å². The molecule has 25 heavy (non-hydrogen) atoms. The Hall–Kier alpha value is -2.16. The van der Waals surface area contributed by atoms with Crippen molar-refractivity contribution in [2.45, 2.75) is 46.2 Å². The van der Waals surface area contributed by atoms with Crippen molar-refractivity contribution >= 4 is 27.3 Å². The highest BCUT2D eigenvalue weighted by atomic mass is 32.2. The van der Waals surface area contributed by atoms with Crippen molar-refractivity contribution in [1.29, 1.82) is 0 Å². The molecule has 2 atom stereocenters. The molecular weight excluding hydrogens is 346 g/mol. The normalized spacial score (nSPS) is 14.0. The maximum atomic E-state index is 12.6. The van der Waals surface area contributed by atoms with Crippen molar-refractivity contribution < 1.29 is 18.1 Å². The highest BCUT2D eigenvalue weighted by molar-refractivity contribution is 7.92. The molecule has 0 aliphatic rings. The lowest BCUT2D eigenvalue weighted by molar-refractivity contribution is -0.384. The van der Waals surface area contributed by atoms with Gasteiger partial charge in [-0.1, -0.05) is 26.8 Å². The SMILES string of the molecule is CC[C@@H](C(=O)N[C@@H](C)C(C)C)N(c1cccc([N+](=O)[O-])c1)S(C)(=O)=O. The molecule has 1 amide bonds. The number of rotatable bonds is 8. The molecule has 1 N–H and O–H groups in total. The van der Waals surface area contributed by atoms with Crippen LogP contribution in [-0.2, 0) is 14.8 Å². The van der Waals surface area contributed by atoms with Gasteiger partial charge in [-0.3, -0.25) is 19.2 Å². The van der Waals surface area contributed by atoms with Crippen LogP contribution < -0.4 is 9.62 Å². The van der Waals surface area contributed by atoms with E-state index in [9.17, 15) is 23.3 Å². The van der Waals surface area contributed by atoms with Gasteiger partial charge in [0.15, 0.2) is 0 Å². The second-order valence-corrected chi connectivity index (χ2v) is 8.16. The third kappa shape index (κ3) is 5.42. The van der Waals surface area contributed by atoms with Crippen LogP contribution in [0.4, 0.5) is 11.4 Å². The smallest absolute Gasteiger partial charge is 0.271 e. The first-order valence-electron chi connectivity index (χ1n) is 8.03. The van der Waals surface area contributed by atoms with E-state index in [4.69, 9.17) is 0 Å². The van der Waals surface area contributed by atoms with Crippen LogP contribution in [0, 0.1) is 16.0 Å². The van der Waals surface area contributed by atoms with E-state index in [0.717, 1.165) is 16.6 Å². The first-order valence-corrected chi connectivity index (χ1v) is 9.88. The lowest BCUT2D eigenvalue weighted by Crippen LogP contribution is -2.52. The number of benzene rings is 1. The van der Waals surface area contributed by atoms with Gasteiger partial charge in [0.05, 0.1) is 16.9 Å². The predicted octanol–water partition coefficient (Wildman–Crippen LogP) is 2.30. The molecule has 0 spiro atoms. The molecule has 1 aromatic rings. The Morgan fingerprint density at radius 3 is 2.36 bits per heavy atom. The summed E-state index contributed by atoms with van der Waals surface area (Å²) in [5.74, 6) is -0.244. The van der Waals surface area contributed by atoms with Gasteiger partial charge in [-0.15, -0.1) is 0 Å². The summed E-state index contributed by atoms with van der Waals surface area (Å²) in [5.41, 5.74) is -0.146. The summed E-state index contributed by atoms with van der Waals surface area (Å²) < 4.78 is 25.6. The van der Waals surface area contributed by atoms with Gasteiger partial charge in [0.25, 0.3) is 5.69 Å². The summed E-state index contributed by atoms with van der Waals surface area (Å²) in [6.07, 6.45) is 1.21. The summed E-state index contributed by atoms with van der Waals surface area (Å²) in [4.78, 5) is 23.0. The van der Waals surface area contributed by atoms with E-state index in [-0.39, 0.29) is 29.8 Å². The zero-order valence-corrected chi connectivity index (χ0v) is 15.9. The third-order valence-electron chi connectivity index (χ3n) is 3.99. The molecule has 0 unspecified atom stereocenters. The maximum Gasteiger partial charge on any atom is 0.271 e. The van der Waals surface area contributed by atoms with Crippen LogP contribution in [0.25, 0.3) is 0 Å². The predicted molar refractivity (Wildman–Crippen MR) is 96.9 cm³/mol. The van der Waals surface area contributed by atoms with E-state index in [0.29, 0.717) is 0 Å². The Kier molecular flexibility index (Phi) is 6.92. The number of hydrogen-bond acceptors (Lipinski definition) is 5. The van der Waals surface area contributed by atoms with E-state index in [1.807, 2.05) is 20.8 Å². The minimum Gasteiger partial charge on any atom is -0.352 e. The van der Waals surface area contributed by atoms with Crippen molar-refractivity contribution in [2.75, 3.05) is 10.6 Å². The van der Waals surface area contributed by atoms with Crippen molar-refractivity contribution in [3.8, 4) is 0 Å². The fourth-order valence-electron chi connectivity index (χ4n) is 2.29. The minimum absolute atomic E-state index is 0.0934. The molecule has 0 saturated carbocycles. The molecule has 0 aliphatic carbocycles. The van der Waals surface area contributed by atoms with Crippen LogP contribution in [-0.4, -0.2) is 37.6 Å². The topological polar surface area (TPSA) is 110 Å². The molecule has 9 heteroatoms. The maximum absolute atomic E-state index is 12.6. The number of non-ortho nitro benzene ring substituents is 1. The van der Waals surface area contributed by atoms with Gasteiger partial charge >= 0.3 is 0 Å². The van der Waals surface area contributed by atoms with E-state index in [2.05, 4.69) is 5.32 Å². The number of anilines is 1. The number of hydrogen-bond donors (Lipinski definition) is 1. The van der Waals surface area contributed by atoms with Gasteiger partial charge in [-0.2, -0.15) is 0 Å². The number of nitro groups is 1. The second-order valence-electron chi connectivity index (χ2n) is 6.30. The standard InChI is InChI=1S/C16H25N3O5S/c1-6-15(16(20)17-12(4)11(2)3)18(25(5,23)24)13-8-7-9-14(10-13)19(21)22/h7-12,15H,6H2,1-5H3,(H,17,20)/t12-,15-/m0/s1. The molecule has 1 aromatic carbocycles. The number of nitro benzene ring substituents is 1. The highest BCUT2D eigenvalue weighted by Gasteiger charge is 2.33. The van der Waals surface area contributed by atoms with Crippen LogP contribution in [0.3, 0.4) is 0 Å². The largest absolute Gasteiger partial charge is 0.352 e. The summed E-state index contributed by atoms with van der Waals surface area (Å²) in [7, 11) is -3.82. The minimum atomic E-state index is -3.82. The molecule has 0 aliphatic heterocycles. The van der Waals surface area contributed by atoms with Crippen LogP contribution in [0.5, 0.6) is 0 Å². The van der Waals surface area contributed by atoms with Gasteiger partial charge in [0.2, 0.25) is 15.9 Å². The number of sulfonamides is 1. The van der Waals surface area contributed by atoms with Gasteiger partial charge < -0.3 is 5.32 Å². The first-order chi connectivity index (χ1) is 11.5. The Bertz CT molecular complexity index is 733. The molecule has 0 heterocycles. The van der Waals surface area contributed by atoms with Crippen LogP contribution in [0.15, 0.2) is 24.3 Å². The van der Waals surface area contributed by atoms with E-state index >= 15 is 0 Å². The van der Waals surface area contributed by atoms with Crippen molar-refractivity contribution in [3.05, 3.63) is 34.4 Å². The lowest BCUT2D eigenvalue weighted by Gasteiger charge is -2.31. The zero-order valence-electron chi connectivity index (χ0n) is 15.1. The Morgan fingerprint density at radius 2 is 1.92 bits per heavy atom. The Labute approximate surface area is 148 Å². The molecule has 1 rings (SSSR count). The average molecular weight is 371 g/mol. The molecule has 8 nitrogen and oxygen atoms in total. The van der Waals surface area contributed by atoms with Crippen molar-refractivity contribution in [2.24, 2.45) is 5.92 Å². The van der Waals surface area contributed by atoms with Gasteiger partial charge in [0.1, 0.15) is 6.04 Å². The van der Waals surface area contributed by atoms with Crippen LogP contribution in [0.2, 0.25) is 0 Å². The molecule has 0 aromatic heterocycles. The second kappa shape index (κ2) is 8.28. The number of carbonyl (C=O) groups is 1. The monoisotopic (exact) mass is 371 g/mol. The summed E-state index contributed by atoms with van der Waals surface area (Å²) in [6, 6.07) is 4.14. The third-order valence-corrected chi connectivity index (χ3v) is 5.17. The lowest BCUT2D eigenvalue weighted by atomic mass is 10.1. The first kappa shape index (κ1) is 20.9. The van der Waals surface area contributed by atoms with E-state index in [1.54, 1.807) is 6.92 Å². The number of carbonyl (C=O) groups excluding carboxylic acids is 1. The van der Waals surface area contributed by atoms with Crippen LogP contribution in [0.1, 0.15) is 34.1 Å². The Balaban J connectivity index is 3.31. The quantitative estimate of drug-likeness (QED) is 0.557. The van der Waals surface area contributed by atoms with E-state index < -0.39 is 26.9 Å². The molecule has 140 valence electrons. The zero-order chi connectivity index (χ0) is 19.4. The molecule has 0 saturated heterocycles. The summed E-state index contributed by atoms with van der Waals surface area (Å²) in [6.45, 7) is 7.43. The van der Waals surface area contributed by atoms with Crippen LogP contribution >= 0.6 is 0 Å². The number of nitrogens with zero attached hydrogens (tertiary/aromatic N) is 2. The van der Waals surface area contributed by atoms with Gasteiger partial charge in [0, 0.05) is 18.2 Å². The number of nitrogens with one attached hydrogen (secondary N) is 1. The van der Waals surface area contributed by atoms with Crippen molar-refractivity contribution in [1.82, 2.24) is 5.32 Å². The molecule has 0 radical (unpaired) electrons. The summed E-state index contributed by atoms with van der Waals surface area (Å²) in [5, 5.41) is 13.8. The van der Waals surface area contributed by atoms with Crippen molar-refractivity contribution in [3.63, 3.8) is 0 Å². The summed E-state index contributed by atoms with van der Waals surface area (Å²) >= 11 is 0. The van der Waals surface area contributed by atoms with Gasteiger partial charge in [-0.25, -0.2) is 8.42 Å². The fourth-order valence-corrected chi connectivity index (χ4v) is 3.49. The fraction of sp³-hybridized carbons (Fsp3) is 0.562. The number of amides is 1.